The van der Waals surface area contributed by atoms with Crippen molar-refractivity contribution in [1.29, 1.82) is 0 Å². The third-order valence-corrected chi connectivity index (χ3v) is 7.91. The van der Waals surface area contributed by atoms with Crippen molar-refractivity contribution in [2.75, 3.05) is 7.11 Å². The zero-order valence-corrected chi connectivity index (χ0v) is 31.7. The first-order valence-electron chi connectivity index (χ1n) is 17.5. The van der Waals surface area contributed by atoms with Crippen LogP contribution in [0, 0.1) is 29.6 Å². The van der Waals surface area contributed by atoms with Crippen molar-refractivity contribution < 1.29 is 43.7 Å². The molecule has 0 saturated heterocycles. The molecule has 0 heterocycles. The lowest BCUT2D eigenvalue weighted by Gasteiger charge is -2.31. The highest BCUT2D eigenvalue weighted by atomic mass is 16.5. The number of aliphatic hydroxyl groups excluding tert-OH is 2. The summed E-state index contributed by atoms with van der Waals surface area (Å²) in [6, 6.07) is -4.48. The molecular formula is C35H65N5O9. The van der Waals surface area contributed by atoms with E-state index < -0.39 is 78.4 Å². The van der Waals surface area contributed by atoms with E-state index in [1.54, 1.807) is 27.7 Å². The lowest BCUT2D eigenvalue weighted by molar-refractivity contribution is -0.144. The summed E-state index contributed by atoms with van der Waals surface area (Å²) in [7, 11) is 1.20. The van der Waals surface area contributed by atoms with Gasteiger partial charge >= 0.3 is 5.97 Å². The smallest absolute Gasteiger partial charge is 0.308 e. The predicted octanol–water partition coefficient (Wildman–Crippen LogP) is 1.56. The van der Waals surface area contributed by atoms with Crippen LogP contribution in [0.15, 0.2) is 0 Å². The van der Waals surface area contributed by atoms with Gasteiger partial charge in [-0.25, -0.2) is 0 Å². The fraction of sp³-hybridized carbons (Fsp3) is 0.829. The van der Waals surface area contributed by atoms with E-state index in [0.717, 1.165) is 0 Å². The molecule has 49 heavy (non-hydrogen) atoms. The van der Waals surface area contributed by atoms with Gasteiger partial charge < -0.3 is 41.5 Å². The van der Waals surface area contributed by atoms with E-state index in [-0.39, 0.29) is 48.3 Å². The maximum atomic E-state index is 13.5. The summed E-state index contributed by atoms with van der Waals surface area (Å²) < 4.78 is 4.62. The Balaban J connectivity index is 5.61. The first-order chi connectivity index (χ1) is 22.6. The number of aliphatic hydroxyl groups is 2. The highest BCUT2D eigenvalue weighted by Crippen LogP contribution is 2.15. The Hall–Kier alpha value is -3.26. The Morgan fingerprint density at radius 2 is 0.918 bits per heavy atom. The molecule has 0 rings (SSSR count). The van der Waals surface area contributed by atoms with Crippen LogP contribution in [0.4, 0.5) is 0 Å². The van der Waals surface area contributed by atoms with Crippen LogP contribution >= 0.6 is 0 Å². The molecule has 3 unspecified atom stereocenters. The van der Waals surface area contributed by atoms with Crippen LogP contribution in [-0.2, 0) is 33.5 Å². The van der Waals surface area contributed by atoms with Crippen molar-refractivity contribution >= 4 is 35.5 Å². The van der Waals surface area contributed by atoms with E-state index >= 15 is 0 Å². The van der Waals surface area contributed by atoms with Gasteiger partial charge in [-0.2, -0.15) is 0 Å². The number of carbonyl (C=O) groups is 6. The number of hydrogen-bond acceptors (Lipinski definition) is 9. The van der Waals surface area contributed by atoms with Gasteiger partial charge in [0.15, 0.2) is 0 Å². The van der Waals surface area contributed by atoms with Crippen molar-refractivity contribution in [3.8, 4) is 0 Å². The Labute approximate surface area is 293 Å². The largest absolute Gasteiger partial charge is 0.469 e. The van der Waals surface area contributed by atoms with E-state index in [1.807, 2.05) is 41.5 Å². The third-order valence-electron chi connectivity index (χ3n) is 7.91. The van der Waals surface area contributed by atoms with Crippen LogP contribution in [0.2, 0.25) is 0 Å². The van der Waals surface area contributed by atoms with Gasteiger partial charge in [0.25, 0.3) is 0 Å². The molecule has 7 atom stereocenters. The summed E-state index contributed by atoms with van der Waals surface area (Å²) in [5, 5.41) is 35.2. The Kier molecular flexibility index (Phi) is 21.0. The summed E-state index contributed by atoms with van der Waals surface area (Å²) >= 11 is 0. The predicted molar refractivity (Wildman–Crippen MR) is 187 cm³/mol. The molecule has 0 saturated carbocycles. The zero-order valence-electron chi connectivity index (χ0n) is 31.7. The molecule has 284 valence electrons. The molecule has 5 amide bonds. The Morgan fingerprint density at radius 1 is 0.510 bits per heavy atom. The number of rotatable bonds is 22. The minimum atomic E-state index is -1.32. The number of hydrogen-bond donors (Lipinski definition) is 7. The van der Waals surface area contributed by atoms with Crippen molar-refractivity contribution in [1.82, 2.24) is 26.6 Å². The molecule has 0 aromatic carbocycles. The highest BCUT2D eigenvalue weighted by molar-refractivity contribution is 5.92. The first-order valence-corrected chi connectivity index (χ1v) is 17.5. The zero-order chi connectivity index (χ0) is 38.2. The topological polar surface area (TPSA) is 212 Å². The van der Waals surface area contributed by atoms with Gasteiger partial charge in [-0.1, -0.05) is 69.2 Å². The van der Waals surface area contributed by atoms with Gasteiger partial charge in [-0.3, -0.25) is 28.8 Å². The van der Waals surface area contributed by atoms with Gasteiger partial charge in [0.1, 0.15) is 18.1 Å². The first kappa shape index (κ1) is 45.7. The number of nitrogens with one attached hydrogen (secondary N) is 5. The molecule has 0 radical (unpaired) electrons. The quantitative estimate of drug-likeness (QED) is 0.0816. The monoisotopic (exact) mass is 699 g/mol. The van der Waals surface area contributed by atoms with Crippen molar-refractivity contribution in [3.05, 3.63) is 0 Å². The van der Waals surface area contributed by atoms with Crippen molar-refractivity contribution in [3.63, 3.8) is 0 Å². The minimum Gasteiger partial charge on any atom is -0.469 e. The molecular weight excluding hydrogens is 634 g/mol. The molecule has 0 aliphatic rings. The molecule has 14 nitrogen and oxygen atoms in total. The lowest BCUT2D eigenvalue weighted by atomic mass is 9.95. The normalized spacial score (nSPS) is 16.0. The van der Waals surface area contributed by atoms with Crippen LogP contribution in [0.1, 0.15) is 108 Å². The van der Waals surface area contributed by atoms with Gasteiger partial charge in [-0.05, 0) is 49.4 Å². The fourth-order valence-corrected chi connectivity index (χ4v) is 5.23. The minimum absolute atomic E-state index is 0.0237. The van der Waals surface area contributed by atoms with E-state index in [2.05, 4.69) is 31.3 Å². The Morgan fingerprint density at radius 3 is 1.35 bits per heavy atom. The summed E-state index contributed by atoms with van der Waals surface area (Å²) in [5.41, 5.74) is 0. The number of carbonyl (C=O) groups excluding carboxylic acids is 6. The average molecular weight is 700 g/mol. The van der Waals surface area contributed by atoms with Crippen LogP contribution in [-0.4, -0.2) is 95.2 Å². The highest BCUT2D eigenvalue weighted by Gasteiger charge is 2.34. The van der Waals surface area contributed by atoms with Crippen LogP contribution in [0.5, 0.6) is 0 Å². The number of methoxy groups -OCH3 is 1. The maximum absolute atomic E-state index is 13.5. The lowest BCUT2D eigenvalue weighted by Crippen LogP contribution is -2.59. The van der Waals surface area contributed by atoms with E-state index in [0.29, 0.717) is 12.8 Å². The SMILES string of the molecule is COC(=O)C[C@H](O)C(CC(C)C)NC(=O)[C@H](C)NC(=O)C[C@H](O)C(CC(C)C)NC(=O)[C@@H](NC(=O)C(NC(=O)CC(C)C)C(C)C)C(C)C. The van der Waals surface area contributed by atoms with Crippen LogP contribution < -0.4 is 26.6 Å². The molecule has 0 aliphatic heterocycles. The second kappa shape index (κ2) is 22.5. The summed E-state index contributed by atoms with van der Waals surface area (Å²) in [5.74, 6) is -3.51. The second-order valence-corrected chi connectivity index (χ2v) is 15.0. The molecule has 14 heteroatoms. The molecule has 0 aromatic heterocycles. The van der Waals surface area contributed by atoms with Crippen molar-refractivity contribution in [2.45, 2.75) is 151 Å². The van der Waals surface area contributed by atoms with E-state index in [4.69, 9.17) is 0 Å². The molecule has 0 fully saturated rings. The van der Waals surface area contributed by atoms with Crippen LogP contribution in [0.3, 0.4) is 0 Å². The number of ether oxygens (including phenoxy) is 1. The standard InChI is InChI=1S/C35H65N5O9/c1-18(2)13-24(38-34(47)32(22(9)10)40-35(48)31(21(7)8)39-28(43)15-20(5)6)26(41)16-29(44)36-23(11)33(46)37-25(14-19(3)4)27(42)17-30(45)49-12/h18-27,31-32,41-42H,13-17H2,1-12H3,(H,36,44)(H,37,46)(H,38,47)(H,39,43)(H,40,48)/t23-,24?,25?,26-,27-,31?,32-/m0/s1. The van der Waals surface area contributed by atoms with E-state index in [9.17, 15) is 39.0 Å². The summed E-state index contributed by atoms with van der Waals surface area (Å²) in [4.78, 5) is 76.8. The van der Waals surface area contributed by atoms with Gasteiger partial charge in [-0.15, -0.1) is 0 Å². The third kappa shape index (κ3) is 18.3. The summed E-state index contributed by atoms with van der Waals surface area (Å²) in [6.07, 6.45) is -2.28. The van der Waals surface area contributed by atoms with E-state index in [1.165, 1.54) is 14.0 Å². The van der Waals surface area contributed by atoms with Crippen molar-refractivity contribution in [2.24, 2.45) is 29.6 Å². The summed E-state index contributed by atoms with van der Waals surface area (Å²) in [6.45, 7) is 20.0. The van der Waals surface area contributed by atoms with Gasteiger partial charge in [0.05, 0.1) is 44.2 Å². The molecule has 0 spiro atoms. The Bertz CT molecular complexity index is 1080. The van der Waals surface area contributed by atoms with Gasteiger partial charge in [0, 0.05) is 6.42 Å². The molecule has 0 bridgehead atoms. The fourth-order valence-electron chi connectivity index (χ4n) is 5.23. The van der Waals surface area contributed by atoms with Crippen LogP contribution in [0.25, 0.3) is 0 Å². The molecule has 7 N–H and O–H groups in total. The molecule has 0 aromatic rings. The number of esters is 1. The maximum Gasteiger partial charge on any atom is 0.308 e. The second-order valence-electron chi connectivity index (χ2n) is 15.0. The number of amides is 5. The molecule has 0 aliphatic carbocycles. The van der Waals surface area contributed by atoms with Gasteiger partial charge in [0.2, 0.25) is 29.5 Å². The average Bonchev–Trinajstić information content (AvgIpc) is 2.96.